The number of sulfone groups is 1. The van der Waals surface area contributed by atoms with E-state index in [1.165, 1.54) is 0 Å². The van der Waals surface area contributed by atoms with Gasteiger partial charge in [-0.2, -0.15) is 0 Å². The molecule has 2 N–H and O–H groups in total. The van der Waals surface area contributed by atoms with Gasteiger partial charge in [0, 0.05) is 12.1 Å². The van der Waals surface area contributed by atoms with Gasteiger partial charge < -0.3 is 10.6 Å². The highest BCUT2D eigenvalue weighted by Gasteiger charge is 2.43. The molecule has 0 spiro atoms. The Kier molecular flexibility index (Phi) is 4.95. The smallest absolute Gasteiger partial charge is 0.152 e. The quantitative estimate of drug-likeness (QED) is 0.692. The lowest BCUT2D eigenvalue weighted by Crippen LogP contribution is -2.53. The first-order valence-electron chi connectivity index (χ1n) is 6.08. The molecule has 1 heterocycles. The molecule has 5 nitrogen and oxygen atoms in total. The second kappa shape index (κ2) is 5.65. The van der Waals surface area contributed by atoms with Gasteiger partial charge in [0.2, 0.25) is 0 Å². The average Bonchev–Trinajstić information content (AvgIpc) is 2.55. The van der Waals surface area contributed by atoms with Gasteiger partial charge in [0.25, 0.3) is 0 Å². The molecule has 1 atom stereocenters. The Labute approximate surface area is 105 Å². The number of hydrogen-bond acceptors (Lipinski definition) is 5. The normalized spacial score (nSPS) is 28.1. The Balaban J connectivity index is 2.56. The van der Waals surface area contributed by atoms with Crippen molar-refractivity contribution in [3.63, 3.8) is 0 Å². The minimum absolute atomic E-state index is 0.217. The Morgan fingerprint density at radius 3 is 2.29 bits per heavy atom. The van der Waals surface area contributed by atoms with Crippen LogP contribution in [0.25, 0.3) is 0 Å². The SMILES string of the molecule is CN(C)CCCN(C)C1(CN)CCS(=O)(=O)C1. The van der Waals surface area contributed by atoms with Crippen molar-refractivity contribution in [2.75, 3.05) is 52.3 Å². The molecule has 1 saturated heterocycles. The summed E-state index contributed by atoms with van der Waals surface area (Å²) in [5, 5.41) is 0. The van der Waals surface area contributed by atoms with Crippen molar-refractivity contribution in [2.45, 2.75) is 18.4 Å². The predicted octanol–water partition coefficient (Wildman–Crippen LogP) is -0.614. The molecule has 1 fully saturated rings. The van der Waals surface area contributed by atoms with Gasteiger partial charge in [-0.15, -0.1) is 0 Å². The lowest BCUT2D eigenvalue weighted by Gasteiger charge is -2.37. The summed E-state index contributed by atoms with van der Waals surface area (Å²) in [6.07, 6.45) is 1.70. The summed E-state index contributed by atoms with van der Waals surface area (Å²) < 4.78 is 23.2. The summed E-state index contributed by atoms with van der Waals surface area (Å²) in [4.78, 5) is 4.27. The molecule has 0 bridgehead atoms. The van der Waals surface area contributed by atoms with Crippen molar-refractivity contribution in [1.82, 2.24) is 9.80 Å². The van der Waals surface area contributed by atoms with Crippen molar-refractivity contribution < 1.29 is 8.42 Å². The summed E-state index contributed by atoms with van der Waals surface area (Å²) in [6, 6.07) is 0. The van der Waals surface area contributed by atoms with E-state index in [9.17, 15) is 8.42 Å². The molecule has 0 amide bonds. The zero-order valence-corrected chi connectivity index (χ0v) is 12.0. The van der Waals surface area contributed by atoms with Gasteiger partial charge in [-0.25, -0.2) is 8.42 Å². The van der Waals surface area contributed by atoms with E-state index >= 15 is 0 Å². The largest absolute Gasteiger partial charge is 0.329 e. The maximum Gasteiger partial charge on any atom is 0.152 e. The van der Waals surface area contributed by atoms with Gasteiger partial charge in [0.05, 0.1) is 11.5 Å². The zero-order chi connectivity index (χ0) is 13.1. The fourth-order valence-electron chi connectivity index (χ4n) is 2.38. The summed E-state index contributed by atoms with van der Waals surface area (Å²) in [6.45, 7) is 2.33. The first-order valence-corrected chi connectivity index (χ1v) is 7.90. The molecule has 0 aliphatic carbocycles. The Morgan fingerprint density at radius 2 is 1.88 bits per heavy atom. The molecule has 1 aliphatic rings. The lowest BCUT2D eigenvalue weighted by atomic mass is 9.97. The topological polar surface area (TPSA) is 66.6 Å². The van der Waals surface area contributed by atoms with Crippen LogP contribution in [0.1, 0.15) is 12.8 Å². The van der Waals surface area contributed by atoms with Crippen molar-refractivity contribution in [3.05, 3.63) is 0 Å². The molecule has 0 aromatic carbocycles. The van der Waals surface area contributed by atoms with Crippen LogP contribution in [-0.4, -0.2) is 76.0 Å². The molecule has 1 unspecified atom stereocenters. The first kappa shape index (κ1) is 14.9. The van der Waals surface area contributed by atoms with Gasteiger partial charge in [0.15, 0.2) is 9.84 Å². The van der Waals surface area contributed by atoms with Crippen LogP contribution in [0.2, 0.25) is 0 Å². The number of likely N-dealkylation sites (N-methyl/N-ethyl adjacent to an activating group) is 1. The Hall–Kier alpha value is -0.170. The molecular weight excluding hydrogens is 238 g/mol. The monoisotopic (exact) mass is 263 g/mol. The van der Waals surface area contributed by atoms with Gasteiger partial charge in [0.1, 0.15) is 0 Å². The molecule has 0 aromatic heterocycles. The minimum Gasteiger partial charge on any atom is -0.329 e. The molecule has 102 valence electrons. The van der Waals surface area contributed by atoms with Crippen LogP contribution in [0.5, 0.6) is 0 Å². The van der Waals surface area contributed by atoms with Crippen molar-refractivity contribution >= 4 is 9.84 Å². The number of nitrogens with two attached hydrogens (primary N) is 1. The third-order valence-electron chi connectivity index (χ3n) is 3.66. The number of nitrogens with zero attached hydrogens (tertiary/aromatic N) is 2. The average molecular weight is 263 g/mol. The molecular formula is C11H25N3O2S. The van der Waals surface area contributed by atoms with Crippen molar-refractivity contribution in [1.29, 1.82) is 0 Å². The molecule has 1 aliphatic heterocycles. The third-order valence-corrected chi connectivity index (χ3v) is 5.46. The maximum absolute atomic E-state index is 11.6. The van der Waals surface area contributed by atoms with E-state index in [4.69, 9.17) is 5.73 Å². The van der Waals surface area contributed by atoms with Gasteiger partial charge in [-0.1, -0.05) is 0 Å². The third kappa shape index (κ3) is 3.91. The van der Waals surface area contributed by atoms with E-state index in [1.54, 1.807) is 0 Å². The number of rotatable bonds is 6. The second-order valence-corrected chi connectivity index (χ2v) is 7.53. The van der Waals surface area contributed by atoms with Crippen LogP contribution >= 0.6 is 0 Å². The van der Waals surface area contributed by atoms with E-state index in [0.717, 1.165) is 19.5 Å². The summed E-state index contributed by atoms with van der Waals surface area (Å²) in [5.74, 6) is 0.497. The maximum atomic E-state index is 11.6. The first-order chi connectivity index (χ1) is 7.81. The van der Waals surface area contributed by atoms with E-state index in [0.29, 0.717) is 13.0 Å². The van der Waals surface area contributed by atoms with Gasteiger partial charge >= 0.3 is 0 Å². The van der Waals surface area contributed by atoms with Crippen LogP contribution < -0.4 is 5.73 Å². The van der Waals surface area contributed by atoms with Gasteiger partial charge in [-0.3, -0.25) is 4.90 Å². The molecule has 17 heavy (non-hydrogen) atoms. The highest BCUT2D eigenvalue weighted by molar-refractivity contribution is 7.91. The summed E-state index contributed by atoms with van der Waals surface area (Å²) in [7, 11) is 3.19. The van der Waals surface area contributed by atoms with E-state index in [-0.39, 0.29) is 17.0 Å². The highest BCUT2D eigenvalue weighted by atomic mass is 32.2. The molecule has 0 radical (unpaired) electrons. The van der Waals surface area contributed by atoms with E-state index in [2.05, 4.69) is 9.80 Å². The molecule has 1 rings (SSSR count). The second-order valence-electron chi connectivity index (χ2n) is 5.35. The predicted molar refractivity (Wildman–Crippen MR) is 70.9 cm³/mol. The fraction of sp³-hybridized carbons (Fsp3) is 1.00. The summed E-state index contributed by atoms with van der Waals surface area (Å²) in [5.41, 5.74) is 5.48. The van der Waals surface area contributed by atoms with Crippen molar-refractivity contribution in [2.24, 2.45) is 5.73 Å². The molecule has 6 heteroatoms. The van der Waals surface area contributed by atoms with Crippen LogP contribution in [0, 0.1) is 0 Å². The molecule has 0 aromatic rings. The van der Waals surface area contributed by atoms with Crippen LogP contribution in [-0.2, 0) is 9.84 Å². The van der Waals surface area contributed by atoms with E-state index < -0.39 is 9.84 Å². The fourth-order valence-corrected chi connectivity index (χ4v) is 4.51. The Morgan fingerprint density at radius 1 is 1.24 bits per heavy atom. The minimum atomic E-state index is -2.88. The van der Waals surface area contributed by atoms with Crippen LogP contribution in [0.3, 0.4) is 0 Å². The van der Waals surface area contributed by atoms with Crippen LogP contribution in [0.4, 0.5) is 0 Å². The standard InChI is InChI=1S/C11H25N3O2S/c1-13(2)6-4-7-14(3)11(9-12)5-8-17(15,16)10-11/h4-10,12H2,1-3H3. The van der Waals surface area contributed by atoms with Gasteiger partial charge in [-0.05, 0) is 47.1 Å². The Bertz CT molecular complexity index is 343. The van der Waals surface area contributed by atoms with E-state index in [1.807, 2.05) is 21.1 Å². The zero-order valence-electron chi connectivity index (χ0n) is 11.1. The highest BCUT2D eigenvalue weighted by Crippen LogP contribution is 2.28. The van der Waals surface area contributed by atoms with Crippen LogP contribution in [0.15, 0.2) is 0 Å². The van der Waals surface area contributed by atoms with Crippen molar-refractivity contribution in [3.8, 4) is 0 Å². The molecule has 0 saturated carbocycles. The summed E-state index contributed by atoms with van der Waals surface area (Å²) >= 11 is 0. The lowest BCUT2D eigenvalue weighted by molar-refractivity contribution is 0.145. The number of hydrogen-bond donors (Lipinski definition) is 1.